The first-order chi connectivity index (χ1) is 22.3. The first-order valence-electron chi connectivity index (χ1n) is 16.2. The molecule has 0 saturated carbocycles. The summed E-state index contributed by atoms with van der Waals surface area (Å²) in [5.74, 6) is 0. The van der Waals surface area contributed by atoms with Crippen molar-refractivity contribution in [2.75, 3.05) is 0 Å². The van der Waals surface area contributed by atoms with Gasteiger partial charge in [-0.2, -0.15) is 0 Å². The summed E-state index contributed by atoms with van der Waals surface area (Å²) in [6.07, 6.45) is 0. The molecule has 10 rings (SSSR count). The zero-order valence-corrected chi connectivity index (χ0v) is 26.4. The molecule has 1 aliphatic rings. The Balaban J connectivity index is 1.34. The molecule has 0 atom stereocenters. The molecule has 0 radical (unpaired) electrons. The second kappa shape index (κ2) is 8.88. The van der Waals surface area contributed by atoms with Crippen molar-refractivity contribution < 1.29 is 9.31 Å². The van der Waals surface area contributed by atoms with Gasteiger partial charge in [-0.15, -0.1) is 0 Å². The second-order valence-electron chi connectivity index (χ2n) is 14.0. The van der Waals surface area contributed by atoms with E-state index >= 15 is 0 Å². The van der Waals surface area contributed by atoms with E-state index in [0.717, 1.165) is 5.46 Å². The fourth-order valence-corrected chi connectivity index (χ4v) is 8.00. The van der Waals surface area contributed by atoms with Gasteiger partial charge in [0.25, 0.3) is 0 Å². The minimum atomic E-state index is -0.468. The number of aromatic nitrogens is 1. The quantitative estimate of drug-likeness (QED) is 0.147. The first kappa shape index (κ1) is 26.3. The maximum Gasteiger partial charge on any atom is 0.494 e. The Hall–Kier alpha value is -4.90. The Bertz CT molecular complexity index is 2700. The summed E-state index contributed by atoms with van der Waals surface area (Å²) in [5.41, 5.74) is 6.31. The summed E-state index contributed by atoms with van der Waals surface area (Å²) in [6.45, 7) is 8.49. The van der Waals surface area contributed by atoms with E-state index in [0.29, 0.717) is 0 Å². The van der Waals surface area contributed by atoms with Gasteiger partial charge in [0.15, 0.2) is 0 Å². The maximum atomic E-state index is 6.66. The van der Waals surface area contributed by atoms with Crippen LogP contribution in [0.2, 0.25) is 0 Å². The lowest BCUT2D eigenvalue weighted by atomic mass is 9.75. The standard InChI is InChI=1S/C42H32BNO2/c1-41(2)42(3,4)46-43(45-41)26-23-35(39-32-16-8-7-13-28(32)27-12-5-6-14-29(27)36(39)24-26)25-20-21-31-34-18-11-17-33-30-15-9-10-19-37(30)44(40(33)34)38(31)22-25/h5-24H,1-4H3. The van der Waals surface area contributed by atoms with Crippen molar-refractivity contribution in [2.45, 2.75) is 38.9 Å². The molecular weight excluding hydrogens is 561 g/mol. The maximum absolute atomic E-state index is 6.66. The molecule has 9 aromatic rings. The van der Waals surface area contributed by atoms with Gasteiger partial charge in [-0.1, -0.05) is 109 Å². The van der Waals surface area contributed by atoms with E-state index in [2.05, 4.69) is 153 Å². The van der Waals surface area contributed by atoms with Crippen molar-refractivity contribution in [3.8, 4) is 11.1 Å². The Labute approximate surface area is 267 Å². The van der Waals surface area contributed by atoms with Gasteiger partial charge >= 0.3 is 7.12 Å². The van der Waals surface area contributed by atoms with Gasteiger partial charge in [0.1, 0.15) is 0 Å². The van der Waals surface area contributed by atoms with Crippen molar-refractivity contribution in [3.05, 3.63) is 121 Å². The fraction of sp³-hybridized carbons (Fsp3) is 0.143. The summed E-state index contributed by atoms with van der Waals surface area (Å²) >= 11 is 0. The third kappa shape index (κ3) is 3.35. The van der Waals surface area contributed by atoms with Gasteiger partial charge in [-0.05, 0) is 88.7 Å². The van der Waals surface area contributed by atoms with E-state index < -0.39 is 18.3 Å². The van der Waals surface area contributed by atoms with Crippen LogP contribution in [0.3, 0.4) is 0 Å². The third-order valence-corrected chi connectivity index (χ3v) is 10.9. The minimum absolute atomic E-state index is 0.432. The smallest absolute Gasteiger partial charge is 0.399 e. The van der Waals surface area contributed by atoms with Gasteiger partial charge in [0.05, 0.1) is 27.8 Å². The molecule has 46 heavy (non-hydrogen) atoms. The number of rotatable bonds is 2. The van der Waals surface area contributed by atoms with Crippen molar-refractivity contribution in [1.29, 1.82) is 0 Å². The van der Waals surface area contributed by atoms with Crippen molar-refractivity contribution >= 4 is 83.0 Å². The molecule has 0 bridgehead atoms. The second-order valence-corrected chi connectivity index (χ2v) is 14.0. The molecule has 1 fully saturated rings. The highest BCUT2D eigenvalue weighted by molar-refractivity contribution is 6.63. The summed E-state index contributed by atoms with van der Waals surface area (Å²) < 4.78 is 15.8. The van der Waals surface area contributed by atoms with Crippen molar-refractivity contribution in [3.63, 3.8) is 0 Å². The topological polar surface area (TPSA) is 22.9 Å². The van der Waals surface area contributed by atoms with Crippen molar-refractivity contribution in [2.24, 2.45) is 0 Å². The molecule has 4 heteroatoms. The number of fused-ring (bicyclic) bond motifs is 12. The highest BCUT2D eigenvalue weighted by atomic mass is 16.7. The van der Waals surface area contributed by atoms with Crippen LogP contribution < -0.4 is 5.46 Å². The molecule has 2 aromatic heterocycles. The summed E-state index contributed by atoms with van der Waals surface area (Å²) in [7, 11) is -0.468. The molecule has 220 valence electrons. The van der Waals surface area contributed by atoms with Crippen LogP contribution in [0.25, 0.3) is 81.5 Å². The SMILES string of the molecule is CC1(C)OB(c2cc(-c3ccc4c5cccc6c7ccccc7n(c4c3)c65)c3c4ccccc4c4ccccc4c3c2)OC1(C)C. The van der Waals surface area contributed by atoms with Crippen LogP contribution >= 0.6 is 0 Å². The Morgan fingerprint density at radius 2 is 1.02 bits per heavy atom. The van der Waals surface area contributed by atoms with Gasteiger partial charge in [0, 0.05) is 21.5 Å². The van der Waals surface area contributed by atoms with Crippen LogP contribution in [0.1, 0.15) is 27.7 Å². The van der Waals surface area contributed by atoms with E-state index in [-0.39, 0.29) is 0 Å². The predicted octanol–water partition coefficient (Wildman–Crippen LogP) is 10.3. The molecule has 0 amide bonds. The summed E-state index contributed by atoms with van der Waals surface area (Å²) in [6, 6.07) is 44.7. The number of hydrogen-bond donors (Lipinski definition) is 0. The molecular formula is C42H32BNO2. The zero-order chi connectivity index (χ0) is 30.9. The fourth-order valence-electron chi connectivity index (χ4n) is 8.00. The summed E-state index contributed by atoms with van der Waals surface area (Å²) in [4.78, 5) is 0. The zero-order valence-electron chi connectivity index (χ0n) is 26.4. The average Bonchev–Trinajstić information content (AvgIpc) is 3.67. The third-order valence-electron chi connectivity index (χ3n) is 10.9. The minimum Gasteiger partial charge on any atom is -0.399 e. The molecule has 7 aromatic carbocycles. The van der Waals surface area contributed by atoms with Gasteiger partial charge in [0.2, 0.25) is 0 Å². The molecule has 0 aliphatic carbocycles. The molecule has 0 unspecified atom stereocenters. The number of para-hydroxylation sites is 2. The molecule has 0 spiro atoms. The Morgan fingerprint density at radius 1 is 0.478 bits per heavy atom. The Kier molecular flexibility index (Phi) is 5.08. The van der Waals surface area contributed by atoms with E-state index in [1.807, 2.05) is 0 Å². The van der Waals surface area contributed by atoms with Crippen LogP contribution in [0.15, 0.2) is 121 Å². The van der Waals surface area contributed by atoms with E-state index in [1.54, 1.807) is 0 Å². The van der Waals surface area contributed by atoms with Crippen LogP contribution in [-0.2, 0) is 9.31 Å². The van der Waals surface area contributed by atoms with Gasteiger partial charge in [-0.25, -0.2) is 0 Å². The molecule has 1 saturated heterocycles. The van der Waals surface area contributed by atoms with E-state index in [1.165, 1.54) is 81.5 Å². The van der Waals surface area contributed by atoms with Crippen LogP contribution in [0.4, 0.5) is 0 Å². The summed E-state index contributed by atoms with van der Waals surface area (Å²) in [5, 5.41) is 12.7. The van der Waals surface area contributed by atoms with Gasteiger partial charge in [-0.3, -0.25) is 0 Å². The Morgan fingerprint density at radius 3 is 1.72 bits per heavy atom. The molecule has 1 aliphatic heterocycles. The van der Waals surface area contributed by atoms with E-state index in [4.69, 9.17) is 9.31 Å². The molecule has 0 N–H and O–H groups in total. The lowest BCUT2D eigenvalue weighted by Gasteiger charge is -2.32. The highest BCUT2D eigenvalue weighted by Gasteiger charge is 2.51. The van der Waals surface area contributed by atoms with Crippen molar-refractivity contribution in [1.82, 2.24) is 4.40 Å². The number of benzene rings is 7. The van der Waals surface area contributed by atoms with E-state index in [9.17, 15) is 0 Å². The van der Waals surface area contributed by atoms with Crippen LogP contribution in [0, 0.1) is 0 Å². The monoisotopic (exact) mass is 593 g/mol. The largest absolute Gasteiger partial charge is 0.494 e. The molecule has 3 heterocycles. The number of nitrogens with zero attached hydrogens (tertiary/aromatic N) is 1. The average molecular weight is 594 g/mol. The molecule has 3 nitrogen and oxygen atoms in total. The lowest BCUT2D eigenvalue weighted by Crippen LogP contribution is -2.41. The van der Waals surface area contributed by atoms with Gasteiger partial charge < -0.3 is 13.7 Å². The lowest BCUT2D eigenvalue weighted by molar-refractivity contribution is 0.00578. The number of hydrogen-bond acceptors (Lipinski definition) is 2. The first-order valence-corrected chi connectivity index (χ1v) is 16.2. The highest BCUT2D eigenvalue weighted by Crippen LogP contribution is 2.44. The normalized spacial score (nSPS) is 16.4. The predicted molar refractivity (Wildman–Crippen MR) is 195 cm³/mol. The van der Waals surface area contributed by atoms with Crippen LogP contribution in [-0.4, -0.2) is 22.7 Å². The van der Waals surface area contributed by atoms with Crippen LogP contribution in [0.5, 0.6) is 0 Å².